The van der Waals surface area contributed by atoms with Crippen LogP contribution >= 0.6 is 0 Å². The van der Waals surface area contributed by atoms with Gasteiger partial charge in [0.1, 0.15) is 11.4 Å². The van der Waals surface area contributed by atoms with Gasteiger partial charge in [-0.1, -0.05) is 36.4 Å². The number of benzene rings is 2. The summed E-state index contributed by atoms with van der Waals surface area (Å²) in [7, 11) is 0. The molecule has 0 radical (unpaired) electrons. The number of hydrogen-bond donors (Lipinski definition) is 2. The molecule has 0 aliphatic carbocycles. The van der Waals surface area contributed by atoms with E-state index < -0.39 is 5.97 Å². The number of aryl methyl sites for hydroxylation is 1. The minimum absolute atomic E-state index is 0.0819. The molecule has 1 heterocycles. The first-order valence-electron chi connectivity index (χ1n) is 7.88. The second kappa shape index (κ2) is 6.65. The van der Waals surface area contributed by atoms with Gasteiger partial charge in [0.05, 0.1) is 5.69 Å². The van der Waals surface area contributed by atoms with Crippen molar-refractivity contribution in [3.05, 3.63) is 82.7 Å². The van der Waals surface area contributed by atoms with Gasteiger partial charge < -0.3 is 10.4 Å². The van der Waals surface area contributed by atoms with Gasteiger partial charge in [0.2, 0.25) is 0 Å². The van der Waals surface area contributed by atoms with E-state index in [1.54, 1.807) is 55.5 Å². The lowest BCUT2D eigenvalue weighted by atomic mass is 10.0. The molecule has 0 aliphatic heterocycles. The van der Waals surface area contributed by atoms with Gasteiger partial charge in [-0.25, -0.2) is 4.79 Å². The quantitative estimate of drug-likeness (QED) is 0.700. The van der Waals surface area contributed by atoms with Crippen molar-refractivity contribution >= 4 is 22.6 Å². The van der Waals surface area contributed by atoms with Crippen molar-refractivity contribution in [1.82, 2.24) is 4.57 Å². The van der Waals surface area contributed by atoms with Crippen LogP contribution in [0, 0.1) is 6.92 Å². The summed E-state index contributed by atoms with van der Waals surface area (Å²) in [6.45, 7) is 5.80. The molecule has 5 nitrogen and oxygen atoms in total. The molecule has 25 heavy (non-hydrogen) atoms. The molecule has 0 aliphatic rings. The number of carbonyl (C=O) groups is 1. The number of aromatic carboxylic acids is 1. The second-order valence-electron chi connectivity index (χ2n) is 5.67. The molecule has 0 spiro atoms. The Morgan fingerprint density at radius 1 is 1.20 bits per heavy atom. The minimum Gasteiger partial charge on any atom is -0.478 e. The Hall–Kier alpha value is -3.34. The Labute approximate surface area is 144 Å². The number of fused-ring (bicyclic) bond motifs is 1. The van der Waals surface area contributed by atoms with Crippen LogP contribution in [0.4, 0.5) is 5.82 Å². The Bertz CT molecular complexity index is 1020. The summed E-state index contributed by atoms with van der Waals surface area (Å²) >= 11 is 0. The number of carboxylic acid groups (broad SMARTS) is 1. The predicted molar refractivity (Wildman–Crippen MR) is 99.9 cm³/mol. The van der Waals surface area contributed by atoms with Crippen LogP contribution in [0.25, 0.3) is 16.5 Å². The second-order valence-corrected chi connectivity index (χ2v) is 5.67. The van der Waals surface area contributed by atoms with Crippen LogP contribution in [0.5, 0.6) is 0 Å². The predicted octanol–water partition coefficient (Wildman–Crippen LogP) is 3.60. The highest BCUT2D eigenvalue weighted by Gasteiger charge is 2.23. The van der Waals surface area contributed by atoms with Gasteiger partial charge in [-0.3, -0.25) is 9.36 Å². The van der Waals surface area contributed by atoms with Gasteiger partial charge >= 0.3 is 5.97 Å². The molecule has 0 unspecified atom stereocenters. The summed E-state index contributed by atoms with van der Waals surface area (Å²) in [4.78, 5) is 25.2. The van der Waals surface area contributed by atoms with Gasteiger partial charge in [0.25, 0.3) is 5.56 Å². The van der Waals surface area contributed by atoms with E-state index in [1.165, 1.54) is 4.57 Å². The van der Waals surface area contributed by atoms with Crippen LogP contribution in [0.2, 0.25) is 0 Å². The fourth-order valence-electron chi connectivity index (χ4n) is 3.00. The SMILES string of the molecule is C=CCNc1c(C(=O)O)c2c(C)cccc2c(=O)n1-c1ccccc1. The van der Waals surface area contributed by atoms with Crippen molar-refractivity contribution in [2.24, 2.45) is 0 Å². The molecule has 1 aromatic heterocycles. The third-order valence-electron chi connectivity index (χ3n) is 4.06. The normalized spacial score (nSPS) is 10.6. The van der Waals surface area contributed by atoms with Crippen LogP contribution in [0.1, 0.15) is 15.9 Å². The van der Waals surface area contributed by atoms with E-state index >= 15 is 0 Å². The van der Waals surface area contributed by atoms with E-state index in [2.05, 4.69) is 11.9 Å². The summed E-state index contributed by atoms with van der Waals surface area (Å²) in [5.41, 5.74) is 1.17. The van der Waals surface area contributed by atoms with Crippen molar-refractivity contribution in [2.45, 2.75) is 6.92 Å². The summed E-state index contributed by atoms with van der Waals surface area (Å²) in [5.74, 6) is -0.832. The average Bonchev–Trinajstić information content (AvgIpc) is 2.61. The highest BCUT2D eigenvalue weighted by molar-refractivity contribution is 6.09. The number of aromatic nitrogens is 1. The minimum atomic E-state index is -1.09. The zero-order valence-corrected chi connectivity index (χ0v) is 13.8. The summed E-state index contributed by atoms with van der Waals surface area (Å²) < 4.78 is 1.41. The number of para-hydroxylation sites is 1. The van der Waals surface area contributed by atoms with Crippen molar-refractivity contribution in [3.8, 4) is 5.69 Å². The Balaban J connectivity index is 2.53. The third-order valence-corrected chi connectivity index (χ3v) is 4.06. The Kier molecular flexibility index (Phi) is 4.39. The fourth-order valence-corrected chi connectivity index (χ4v) is 3.00. The number of rotatable bonds is 5. The Morgan fingerprint density at radius 2 is 1.92 bits per heavy atom. The van der Waals surface area contributed by atoms with Gasteiger partial charge in [0, 0.05) is 17.3 Å². The average molecular weight is 334 g/mol. The van der Waals surface area contributed by atoms with E-state index in [4.69, 9.17) is 0 Å². The van der Waals surface area contributed by atoms with E-state index in [0.29, 0.717) is 23.0 Å². The van der Waals surface area contributed by atoms with Crippen molar-refractivity contribution in [1.29, 1.82) is 0 Å². The van der Waals surface area contributed by atoms with Crippen LogP contribution in [0.15, 0.2) is 66.0 Å². The first-order valence-corrected chi connectivity index (χ1v) is 7.88. The third kappa shape index (κ3) is 2.80. The maximum Gasteiger partial charge on any atom is 0.340 e. The van der Waals surface area contributed by atoms with Crippen LogP contribution in [-0.2, 0) is 0 Å². The first-order chi connectivity index (χ1) is 12.1. The number of nitrogens with one attached hydrogen (secondary N) is 1. The van der Waals surface area contributed by atoms with Crippen LogP contribution < -0.4 is 10.9 Å². The summed E-state index contributed by atoms with van der Waals surface area (Å²) in [6, 6.07) is 14.2. The monoisotopic (exact) mass is 334 g/mol. The maximum absolute atomic E-state index is 13.1. The van der Waals surface area contributed by atoms with E-state index in [-0.39, 0.29) is 16.9 Å². The molecule has 0 bridgehead atoms. The van der Waals surface area contributed by atoms with Crippen LogP contribution in [-0.4, -0.2) is 22.2 Å². The van der Waals surface area contributed by atoms with E-state index in [0.717, 1.165) is 5.56 Å². The molecule has 126 valence electrons. The van der Waals surface area contributed by atoms with Gasteiger partial charge in [-0.05, 0) is 30.7 Å². The van der Waals surface area contributed by atoms with Crippen molar-refractivity contribution in [2.75, 3.05) is 11.9 Å². The summed E-state index contributed by atoms with van der Waals surface area (Å²) in [5, 5.41) is 13.7. The lowest BCUT2D eigenvalue weighted by Crippen LogP contribution is -2.26. The molecule has 3 rings (SSSR count). The molecule has 0 amide bonds. The highest BCUT2D eigenvalue weighted by atomic mass is 16.4. The number of anilines is 1. The fraction of sp³-hybridized carbons (Fsp3) is 0.100. The van der Waals surface area contributed by atoms with Crippen LogP contribution in [0.3, 0.4) is 0 Å². The molecule has 0 saturated heterocycles. The van der Waals surface area contributed by atoms with E-state index in [1.807, 2.05) is 6.07 Å². The lowest BCUT2D eigenvalue weighted by Gasteiger charge is -2.19. The maximum atomic E-state index is 13.1. The molecule has 5 heteroatoms. The Morgan fingerprint density at radius 3 is 2.56 bits per heavy atom. The highest BCUT2D eigenvalue weighted by Crippen LogP contribution is 2.28. The largest absolute Gasteiger partial charge is 0.478 e. The van der Waals surface area contributed by atoms with Crippen molar-refractivity contribution < 1.29 is 9.90 Å². The van der Waals surface area contributed by atoms with Gasteiger partial charge in [0.15, 0.2) is 0 Å². The zero-order valence-electron chi connectivity index (χ0n) is 13.8. The standard InChI is InChI=1S/C20H18N2O3/c1-3-12-21-18-17(20(24)25)16-13(2)8-7-11-15(16)19(23)22(18)14-9-5-4-6-10-14/h3-11,21H,1,12H2,2H3,(H,24,25). The van der Waals surface area contributed by atoms with Crippen molar-refractivity contribution in [3.63, 3.8) is 0 Å². The molecule has 3 aromatic rings. The molecular formula is C20H18N2O3. The van der Waals surface area contributed by atoms with E-state index in [9.17, 15) is 14.7 Å². The molecule has 0 fully saturated rings. The summed E-state index contributed by atoms with van der Waals surface area (Å²) in [6.07, 6.45) is 1.62. The number of carboxylic acids is 1. The number of nitrogens with zero attached hydrogens (tertiary/aromatic N) is 1. The lowest BCUT2D eigenvalue weighted by molar-refractivity contribution is 0.0699. The zero-order chi connectivity index (χ0) is 18.0. The molecular weight excluding hydrogens is 316 g/mol. The van der Waals surface area contributed by atoms with Gasteiger partial charge in [-0.15, -0.1) is 6.58 Å². The smallest absolute Gasteiger partial charge is 0.340 e. The van der Waals surface area contributed by atoms with Gasteiger partial charge in [-0.2, -0.15) is 0 Å². The molecule has 0 atom stereocenters. The number of hydrogen-bond acceptors (Lipinski definition) is 3. The molecule has 2 N–H and O–H groups in total. The molecule has 2 aromatic carbocycles. The first kappa shape index (κ1) is 16.5. The topological polar surface area (TPSA) is 71.3 Å². The number of pyridine rings is 1. The molecule has 0 saturated carbocycles.